The highest BCUT2D eigenvalue weighted by Gasteiger charge is 2.29. The van der Waals surface area contributed by atoms with Crippen LogP contribution in [-0.2, 0) is 6.42 Å². The maximum atomic E-state index is 12.4. The summed E-state index contributed by atoms with van der Waals surface area (Å²) >= 11 is 6.81. The molecule has 1 N–H and O–H groups in total. The summed E-state index contributed by atoms with van der Waals surface area (Å²) in [7, 11) is 0. The zero-order chi connectivity index (χ0) is 19.0. The first-order valence-corrected chi connectivity index (χ1v) is 9.90. The van der Waals surface area contributed by atoms with Crippen LogP contribution in [0, 0.1) is 0 Å². The molecule has 140 valence electrons. The van der Waals surface area contributed by atoms with Crippen molar-refractivity contribution in [1.82, 2.24) is 4.57 Å². The van der Waals surface area contributed by atoms with Gasteiger partial charge in [-0.05, 0) is 49.4 Å². The van der Waals surface area contributed by atoms with E-state index in [9.17, 15) is 9.90 Å². The Hall–Kier alpha value is -2.46. The number of nitrogens with zero attached hydrogens (tertiary/aromatic N) is 2. The van der Waals surface area contributed by atoms with Gasteiger partial charge in [-0.2, -0.15) is 0 Å². The van der Waals surface area contributed by atoms with E-state index in [4.69, 9.17) is 11.6 Å². The lowest BCUT2D eigenvalue weighted by molar-refractivity contribution is 0.0689. The molecule has 1 fully saturated rings. The van der Waals surface area contributed by atoms with Crippen molar-refractivity contribution in [2.45, 2.75) is 32.6 Å². The molecule has 1 saturated heterocycles. The number of aromatic carboxylic acids is 1. The third-order valence-corrected chi connectivity index (χ3v) is 5.83. The summed E-state index contributed by atoms with van der Waals surface area (Å²) in [4.78, 5) is 14.6. The highest BCUT2D eigenvalue weighted by molar-refractivity contribution is 6.38. The second-order valence-corrected chi connectivity index (χ2v) is 7.39. The molecule has 1 aromatic heterocycles. The summed E-state index contributed by atoms with van der Waals surface area (Å²) in [6, 6.07) is 13.7. The molecule has 0 unspecified atom stereocenters. The Bertz CT molecular complexity index is 989. The van der Waals surface area contributed by atoms with Gasteiger partial charge in [-0.1, -0.05) is 42.8 Å². The average Bonchev–Trinajstić information content (AvgIpc) is 3.06. The minimum atomic E-state index is -0.926. The number of fused-ring (bicyclic) bond motifs is 1. The number of halogens is 1. The highest BCUT2D eigenvalue weighted by atomic mass is 35.5. The number of carbonyl (C=O) groups is 1. The van der Waals surface area contributed by atoms with Crippen molar-refractivity contribution in [2.75, 3.05) is 18.0 Å². The Morgan fingerprint density at radius 2 is 1.78 bits per heavy atom. The average molecular weight is 383 g/mol. The quantitative estimate of drug-likeness (QED) is 0.644. The molecule has 0 spiro atoms. The van der Waals surface area contributed by atoms with Gasteiger partial charge in [-0.3, -0.25) is 0 Å². The molecule has 4 nitrogen and oxygen atoms in total. The lowest BCUT2D eigenvalue weighted by Gasteiger charge is -2.29. The maximum absolute atomic E-state index is 12.4. The molecule has 5 heteroatoms. The topological polar surface area (TPSA) is 45.5 Å². The molecule has 0 amide bonds. The van der Waals surface area contributed by atoms with Crippen LogP contribution < -0.4 is 4.90 Å². The zero-order valence-electron chi connectivity index (χ0n) is 15.4. The molecule has 4 rings (SSSR count). The van der Waals surface area contributed by atoms with Crippen molar-refractivity contribution >= 4 is 34.2 Å². The summed E-state index contributed by atoms with van der Waals surface area (Å²) in [5, 5.41) is 11.7. The third kappa shape index (κ3) is 2.98. The van der Waals surface area contributed by atoms with E-state index in [1.165, 1.54) is 6.42 Å². The second-order valence-electron chi connectivity index (χ2n) is 7.01. The van der Waals surface area contributed by atoms with Crippen molar-refractivity contribution in [3.05, 3.63) is 58.7 Å². The van der Waals surface area contributed by atoms with E-state index in [-0.39, 0.29) is 0 Å². The van der Waals surface area contributed by atoms with Crippen LogP contribution in [0.3, 0.4) is 0 Å². The normalized spacial score (nSPS) is 14.7. The fraction of sp³-hybridized carbons (Fsp3) is 0.318. The van der Waals surface area contributed by atoms with Gasteiger partial charge in [-0.25, -0.2) is 4.79 Å². The van der Waals surface area contributed by atoms with Gasteiger partial charge in [0.15, 0.2) is 5.69 Å². The first-order chi connectivity index (χ1) is 13.1. The number of carboxylic acid groups (broad SMARTS) is 1. The fourth-order valence-electron chi connectivity index (χ4n) is 4.11. The molecule has 0 aliphatic carbocycles. The Labute approximate surface area is 164 Å². The molecule has 27 heavy (non-hydrogen) atoms. The molecular weight excluding hydrogens is 360 g/mol. The van der Waals surface area contributed by atoms with E-state index in [1.807, 2.05) is 47.0 Å². The minimum Gasteiger partial charge on any atom is -0.476 e. The van der Waals surface area contributed by atoms with Gasteiger partial charge in [-0.15, -0.1) is 0 Å². The van der Waals surface area contributed by atoms with Gasteiger partial charge in [0.1, 0.15) is 0 Å². The van der Waals surface area contributed by atoms with Crippen LogP contribution in [0.4, 0.5) is 5.69 Å². The van der Waals surface area contributed by atoms with Gasteiger partial charge in [0.05, 0.1) is 16.2 Å². The van der Waals surface area contributed by atoms with E-state index >= 15 is 0 Å². The second kappa shape index (κ2) is 7.28. The van der Waals surface area contributed by atoms with Crippen LogP contribution >= 0.6 is 11.6 Å². The van der Waals surface area contributed by atoms with Crippen molar-refractivity contribution in [3.8, 4) is 5.69 Å². The number of anilines is 1. The molecule has 2 heterocycles. The maximum Gasteiger partial charge on any atom is 0.355 e. The Kier molecular flexibility index (Phi) is 4.83. The van der Waals surface area contributed by atoms with Crippen molar-refractivity contribution in [3.63, 3.8) is 0 Å². The van der Waals surface area contributed by atoms with Crippen LogP contribution in [-0.4, -0.2) is 28.7 Å². The van der Waals surface area contributed by atoms with Gasteiger partial charge in [0, 0.05) is 24.2 Å². The molecule has 1 aliphatic rings. The number of benzene rings is 2. The predicted octanol–water partition coefficient (Wildman–Crippen LogP) is 5.53. The molecular formula is C22H23ClN2O2. The lowest BCUT2D eigenvalue weighted by atomic mass is 10.1. The Balaban J connectivity index is 2.12. The highest BCUT2D eigenvalue weighted by Crippen LogP contribution is 2.42. The van der Waals surface area contributed by atoms with Gasteiger partial charge < -0.3 is 14.6 Å². The van der Waals surface area contributed by atoms with Gasteiger partial charge in [0.25, 0.3) is 0 Å². The summed E-state index contributed by atoms with van der Waals surface area (Å²) in [6.45, 7) is 3.79. The van der Waals surface area contributed by atoms with E-state index in [0.717, 1.165) is 60.2 Å². The Morgan fingerprint density at radius 3 is 2.41 bits per heavy atom. The first kappa shape index (κ1) is 17.9. The van der Waals surface area contributed by atoms with Crippen LogP contribution in [0.5, 0.6) is 0 Å². The molecule has 1 aliphatic heterocycles. The van der Waals surface area contributed by atoms with E-state index in [0.29, 0.717) is 10.7 Å². The fourth-order valence-corrected chi connectivity index (χ4v) is 4.49. The first-order valence-electron chi connectivity index (χ1n) is 9.53. The molecule has 0 radical (unpaired) electrons. The molecule has 2 aromatic carbocycles. The standard InChI is InChI=1S/C22H23ClN2O2/c1-2-15-11-12-17-18(19(15)23)20(24-13-7-4-8-14-24)21(22(26)27)25(17)16-9-5-3-6-10-16/h3,5-6,9-12H,2,4,7-8,13-14H2,1H3,(H,26,27). The van der Waals surface area contributed by atoms with E-state index in [1.54, 1.807) is 0 Å². The molecule has 0 saturated carbocycles. The minimum absolute atomic E-state index is 0.299. The monoisotopic (exact) mass is 382 g/mol. The van der Waals surface area contributed by atoms with E-state index in [2.05, 4.69) is 11.8 Å². The van der Waals surface area contributed by atoms with Crippen LogP contribution in [0.2, 0.25) is 5.02 Å². The number of rotatable bonds is 4. The van der Waals surface area contributed by atoms with Crippen molar-refractivity contribution < 1.29 is 9.90 Å². The van der Waals surface area contributed by atoms with Crippen LogP contribution in [0.25, 0.3) is 16.6 Å². The third-order valence-electron chi connectivity index (χ3n) is 5.40. The van der Waals surface area contributed by atoms with Gasteiger partial charge >= 0.3 is 5.97 Å². The predicted molar refractivity (Wildman–Crippen MR) is 111 cm³/mol. The molecule has 0 atom stereocenters. The summed E-state index contributed by atoms with van der Waals surface area (Å²) in [6.07, 6.45) is 4.14. The number of carboxylic acids is 1. The number of hydrogen-bond donors (Lipinski definition) is 1. The Morgan fingerprint density at radius 1 is 1.07 bits per heavy atom. The van der Waals surface area contributed by atoms with Crippen LogP contribution in [0.1, 0.15) is 42.2 Å². The van der Waals surface area contributed by atoms with Crippen molar-refractivity contribution in [1.29, 1.82) is 0 Å². The molecule has 0 bridgehead atoms. The number of para-hydroxylation sites is 1. The summed E-state index contributed by atoms with van der Waals surface area (Å²) in [5.74, 6) is -0.926. The zero-order valence-corrected chi connectivity index (χ0v) is 16.2. The van der Waals surface area contributed by atoms with E-state index < -0.39 is 5.97 Å². The van der Waals surface area contributed by atoms with Crippen LogP contribution in [0.15, 0.2) is 42.5 Å². The number of hydrogen-bond acceptors (Lipinski definition) is 2. The molecule has 3 aromatic rings. The summed E-state index contributed by atoms with van der Waals surface area (Å²) in [5.41, 5.74) is 3.80. The summed E-state index contributed by atoms with van der Waals surface area (Å²) < 4.78 is 1.84. The number of aryl methyl sites for hydroxylation is 1. The lowest BCUT2D eigenvalue weighted by Crippen LogP contribution is -2.30. The number of piperidine rings is 1. The van der Waals surface area contributed by atoms with Crippen molar-refractivity contribution in [2.24, 2.45) is 0 Å². The van der Waals surface area contributed by atoms with Gasteiger partial charge in [0.2, 0.25) is 0 Å². The largest absolute Gasteiger partial charge is 0.476 e. The smallest absolute Gasteiger partial charge is 0.355 e. The number of aromatic nitrogens is 1. The SMILES string of the molecule is CCc1ccc2c(c1Cl)c(N1CCCCC1)c(C(=O)O)n2-c1ccccc1.